The van der Waals surface area contributed by atoms with E-state index in [1.807, 2.05) is 6.07 Å². The molecule has 1 N–H and O–H groups in total. The maximum atomic E-state index is 11.8. The van der Waals surface area contributed by atoms with Crippen molar-refractivity contribution in [3.63, 3.8) is 0 Å². The van der Waals surface area contributed by atoms with E-state index in [4.69, 9.17) is 13.9 Å². The number of hydrogen-bond donors (Lipinski definition) is 1. The number of aliphatic hydroxyl groups is 1. The number of rotatable bonds is 5. The van der Waals surface area contributed by atoms with Gasteiger partial charge in [0.25, 0.3) is 0 Å². The zero-order chi connectivity index (χ0) is 23.7. The van der Waals surface area contributed by atoms with Crippen molar-refractivity contribution in [1.82, 2.24) is 0 Å². The van der Waals surface area contributed by atoms with Crippen molar-refractivity contribution >= 4 is 33.7 Å². The van der Waals surface area contributed by atoms with Crippen LogP contribution in [0.3, 0.4) is 0 Å². The normalized spacial score (nSPS) is 33.8. The molecule has 0 aliphatic carbocycles. The van der Waals surface area contributed by atoms with Gasteiger partial charge < -0.3 is 0 Å². The van der Waals surface area contributed by atoms with E-state index >= 15 is 0 Å². The molecule has 0 amide bonds. The molecule has 0 unspecified atom stereocenters. The standard InChI is InChI=1S/C25H40O5SeSi/c1-17(26)28-23-14-13-19(30-32(6,7)24(2,3)4)20-15-22(21(29-20)16-25(23,5)27)31-18-11-9-8-10-12-18/h8-12,19-23,27H,13-16H2,1-7H3/t19-,20-,21-,22+,23+,25-/m1/s1. The molecule has 0 aromatic heterocycles. The van der Waals surface area contributed by atoms with E-state index in [9.17, 15) is 9.90 Å². The van der Waals surface area contributed by atoms with E-state index in [-0.39, 0.29) is 44.3 Å². The Labute approximate surface area is 200 Å². The zero-order valence-corrected chi connectivity index (χ0v) is 23.3. The number of benzene rings is 1. The Bertz CT molecular complexity index is 776. The van der Waals surface area contributed by atoms with Crippen molar-refractivity contribution in [2.75, 3.05) is 0 Å². The monoisotopic (exact) mass is 528 g/mol. The van der Waals surface area contributed by atoms with Crippen LogP contribution in [0.4, 0.5) is 0 Å². The average molecular weight is 528 g/mol. The molecule has 2 aliphatic heterocycles. The summed E-state index contributed by atoms with van der Waals surface area (Å²) in [6, 6.07) is 10.6. The van der Waals surface area contributed by atoms with Gasteiger partial charge >= 0.3 is 201 Å². The molecule has 6 atom stereocenters. The number of carbonyl (C=O) groups excluding carboxylic acids is 1. The molecule has 2 fully saturated rings. The Morgan fingerprint density at radius 3 is 2.44 bits per heavy atom. The summed E-state index contributed by atoms with van der Waals surface area (Å²) in [7, 11) is -2.02. The summed E-state index contributed by atoms with van der Waals surface area (Å²) in [5.41, 5.74) is -1.14. The molecular formula is C25H40O5SeSi. The van der Waals surface area contributed by atoms with Crippen LogP contribution in [-0.4, -0.2) is 64.4 Å². The Kier molecular flexibility index (Phi) is 8.01. The van der Waals surface area contributed by atoms with Gasteiger partial charge in [0.2, 0.25) is 0 Å². The maximum absolute atomic E-state index is 11.8. The summed E-state index contributed by atoms with van der Waals surface area (Å²) in [6.07, 6.45) is 2.03. The summed E-state index contributed by atoms with van der Waals surface area (Å²) in [6.45, 7) is 14.5. The van der Waals surface area contributed by atoms with Crippen LogP contribution in [0.5, 0.6) is 0 Å². The molecular weight excluding hydrogens is 487 g/mol. The van der Waals surface area contributed by atoms with Gasteiger partial charge in [-0.1, -0.05) is 0 Å². The van der Waals surface area contributed by atoms with Gasteiger partial charge in [-0.15, -0.1) is 0 Å². The topological polar surface area (TPSA) is 65.0 Å². The van der Waals surface area contributed by atoms with Gasteiger partial charge in [0.15, 0.2) is 0 Å². The molecule has 2 bridgehead atoms. The summed E-state index contributed by atoms with van der Waals surface area (Å²) >= 11 is 0.231. The van der Waals surface area contributed by atoms with Gasteiger partial charge in [-0.25, -0.2) is 0 Å². The Hall–Kier alpha value is -0.694. The predicted octanol–water partition coefficient (Wildman–Crippen LogP) is 4.22. The van der Waals surface area contributed by atoms with Crippen LogP contribution in [0.1, 0.15) is 60.3 Å². The quantitative estimate of drug-likeness (QED) is 0.459. The van der Waals surface area contributed by atoms with Gasteiger partial charge in [-0.2, -0.15) is 0 Å². The average Bonchev–Trinajstić information content (AvgIpc) is 3.05. The van der Waals surface area contributed by atoms with E-state index in [2.05, 4.69) is 58.1 Å². The molecule has 0 spiro atoms. The third-order valence-electron chi connectivity index (χ3n) is 7.26. The second-order valence-corrected chi connectivity index (χ2v) is 18.6. The summed E-state index contributed by atoms with van der Waals surface area (Å²) in [4.78, 5) is 12.2. The van der Waals surface area contributed by atoms with E-state index in [0.717, 1.165) is 6.42 Å². The van der Waals surface area contributed by atoms with Gasteiger partial charge in [-0.05, 0) is 0 Å². The fraction of sp³-hybridized carbons (Fsp3) is 0.720. The molecule has 3 rings (SSSR count). The van der Waals surface area contributed by atoms with Crippen LogP contribution in [0, 0.1) is 0 Å². The first-order valence-corrected chi connectivity index (χ1v) is 16.5. The van der Waals surface area contributed by atoms with Crippen LogP contribution in [0.25, 0.3) is 0 Å². The first-order chi connectivity index (χ1) is 14.8. The van der Waals surface area contributed by atoms with Gasteiger partial charge in [0, 0.05) is 0 Å². The Balaban J connectivity index is 1.89. The molecule has 180 valence electrons. The van der Waals surface area contributed by atoms with Crippen LogP contribution >= 0.6 is 0 Å². The van der Waals surface area contributed by atoms with Crippen LogP contribution in [-0.2, 0) is 18.7 Å². The van der Waals surface area contributed by atoms with Crippen molar-refractivity contribution in [2.45, 2.75) is 113 Å². The molecule has 7 heteroatoms. The number of esters is 1. The summed E-state index contributed by atoms with van der Waals surface area (Å²) < 4.78 is 20.5. The fourth-order valence-corrected chi connectivity index (χ4v) is 8.42. The molecule has 2 heterocycles. The second kappa shape index (κ2) is 9.89. The van der Waals surface area contributed by atoms with E-state index < -0.39 is 20.0 Å². The zero-order valence-electron chi connectivity index (χ0n) is 20.6. The van der Waals surface area contributed by atoms with Crippen molar-refractivity contribution in [2.24, 2.45) is 0 Å². The van der Waals surface area contributed by atoms with Crippen molar-refractivity contribution < 1.29 is 23.8 Å². The fourth-order valence-electron chi connectivity index (χ4n) is 4.39. The molecule has 32 heavy (non-hydrogen) atoms. The van der Waals surface area contributed by atoms with Gasteiger partial charge in [0.05, 0.1) is 0 Å². The Morgan fingerprint density at radius 1 is 1.19 bits per heavy atom. The van der Waals surface area contributed by atoms with Crippen LogP contribution in [0.15, 0.2) is 30.3 Å². The summed E-state index contributed by atoms with van der Waals surface area (Å²) in [5, 5.41) is 11.5. The molecule has 0 radical (unpaired) electrons. The predicted molar refractivity (Wildman–Crippen MR) is 131 cm³/mol. The number of hydrogen-bond acceptors (Lipinski definition) is 5. The molecule has 2 saturated heterocycles. The molecule has 0 saturated carbocycles. The van der Waals surface area contributed by atoms with Crippen molar-refractivity contribution in [3.05, 3.63) is 30.3 Å². The van der Waals surface area contributed by atoms with Crippen LogP contribution in [0.2, 0.25) is 22.9 Å². The Morgan fingerprint density at radius 2 is 1.84 bits per heavy atom. The van der Waals surface area contributed by atoms with E-state index in [0.29, 0.717) is 24.1 Å². The van der Waals surface area contributed by atoms with Gasteiger partial charge in [-0.3, -0.25) is 0 Å². The number of carbonyl (C=O) groups is 1. The van der Waals surface area contributed by atoms with Gasteiger partial charge in [0.1, 0.15) is 0 Å². The third-order valence-corrected chi connectivity index (χ3v) is 14.6. The molecule has 1 aromatic carbocycles. The number of ether oxygens (including phenoxy) is 2. The van der Waals surface area contributed by atoms with Crippen LogP contribution < -0.4 is 4.46 Å². The van der Waals surface area contributed by atoms with Crippen molar-refractivity contribution in [1.29, 1.82) is 0 Å². The van der Waals surface area contributed by atoms with Crippen molar-refractivity contribution in [3.8, 4) is 0 Å². The first-order valence-electron chi connectivity index (χ1n) is 11.7. The second-order valence-electron chi connectivity index (χ2n) is 11.1. The third kappa shape index (κ3) is 6.25. The summed E-state index contributed by atoms with van der Waals surface area (Å²) in [5.74, 6) is -0.354. The molecule has 2 aliphatic rings. The minimum absolute atomic E-state index is 0.0107. The molecule has 5 nitrogen and oxygen atoms in total. The van der Waals surface area contributed by atoms with E-state index in [1.54, 1.807) is 6.92 Å². The SMILES string of the molecule is CC(=O)O[C@H]1CC[C@@H](O[Si](C)(C)C(C)(C)C)[C@H]2C[C@H]([Se]c3ccccc3)[C@@H](C[C@@]1(C)O)O2. The van der Waals surface area contributed by atoms with E-state index in [1.165, 1.54) is 11.4 Å². The first kappa shape index (κ1) is 25.9. The number of fused-ring (bicyclic) bond motifs is 2. The minimum atomic E-state index is -2.02. The molecule has 1 aromatic rings.